The summed E-state index contributed by atoms with van der Waals surface area (Å²) < 4.78 is 6.52. The van der Waals surface area contributed by atoms with Crippen LogP contribution in [0.1, 0.15) is 36.3 Å². The number of carbonyl (C=O) groups is 1. The number of nitro benzene ring substituents is 1. The molecule has 1 heterocycles. The fraction of sp³-hybridized carbons (Fsp3) is 0.231. The summed E-state index contributed by atoms with van der Waals surface area (Å²) in [6, 6.07) is 24.5. The third-order valence-electron chi connectivity index (χ3n) is 5.81. The van der Waals surface area contributed by atoms with Crippen LogP contribution in [0.4, 0.5) is 5.69 Å². The molecule has 0 unspecified atom stereocenters. The van der Waals surface area contributed by atoms with Crippen LogP contribution in [0.3, 0.4) is 0 Å². The van der Waals surface area contributed by atoms with Gasteiger partial charge in [0, 0.05) is 31.5 Å². The van der Waals surface area contributed by atoms with E-state index >= 15 is 0 Å². The van der Waals surface area contributed by atoms with Gasteiger partial charge in [-0.15, -0.1) is 0 Å². The normalized spacial score (nSPS) is 11.1. The maximum absolute atomic E-state index is 12.4. The van der Waals surface area contributed by atoms with E-state index in [4.69, 9.17) is 4.42 Å². The number of hydrogen-bond acceptors (Lipinski definition) is 5. The zero-order valence-electron chi connectivity index (χ0n) is 18.6. The van der Waals surface area contributed by atoms with Crippen molar-refractivity contribution in [2.45, 2.75) is 31.7 Å². The van der Waals surface area contributed by atoms with Gasteiger partial charge in [-0.25, -0.2) is 4.79 Å². The van der Waals surface area contributed by atoms with Crippen molar-refractivity contribution in [3.63, 3.8) is 0 Å². The van der Waals surface area contributed by atoms with Gasteiger partial charge in [0.05, 0.1) is 16.5 Å². The molecule has 34 heavy (non-hydrogen) atoms. The van der Waals surface area contributed by atoms with Crippen molar-refractivity contribution >= 4 is 22.7 Å². The first-order chi connectivity index (χ1) is 16.5. The summed E-state index contributed by atoms with van der Waals surface area (Å²) in [6.45, 7) is 0.819. The molecule has 0 radical (unpaired) electrons. The minimum absolute atomic E-state index is 0.0867. The molecule has 0 saturated heterocycles. The van der Waals surface area contributed by atoms with Gasteiger partial charge in [-0.3, -0.25) is 19.5 Å². The number of amides is 1. The van der Waals surface area contributed by atoms with E-state index in [1.807, 2.05) is 36.4 Å². The topological polar surface area (TPSA) is 107 Å². The van der Waals surface area contributed by atoms with Gasteiger partial charge >= 0.3 is 5.76 Å². The predicted octanol–water partition coefficient (Wildman–Crippen LogP) is 4.62. The molecule has 0 atom stereocenters. The second-order valence-corrected chi connectivity index (χ2v) is 8.04. The van der Waals surface area contributed by atoms with Crippen molar-refractivity contribution in [2.24, 2.45) is 0 Å². The molecule has 174 valence electrons. The first kappa shape index (κ1) is 23.0. The Kier molecular flexibility index (Phi) is 7.17. The largest absolute Gasteiger partial charge is 0.419 e. The van der Waals surface area contributed by atoms with Gasteiger partial charge in [0.25, 0.3) is 5.69 Å². The highest BCUT2D eigenvalue weighted by atomic mass is 16.6. The number of oxazole rings is 1. The molecular formula is C26H25N3O5. The summed E-state index contributed by atoms with van der Waals surface area (Å²) >= 11 is 0. The van der Waals surface area contributed by atoms with Crippen molar-refractivity contribution in [2.75, 3.05) is 6.54 Å². The number of rotatable bonds is 10. The van der Waals surface area contributed by atoms with Gasteiger partial charge in [0.15, 0.2) is 5.58 Å². The van der Waals surface area contributed by atoms with Crippen LogP contribution in [0, 0.1) is 10.1 Å². The SMILES string of the molecule is O=C(CCCn1c(=O)oc2cc([N+](=O)[O-])ccc21)NCCC(c1ccccc1)c1ccccc1. The summed E-state index contributed by atoms with van der Waals surface area (Å²) in [7, 11) is 0. The second-order valence-electron chi connectivity index (χ2n) is 8.04. The van der Waals surface area contributed by atoms with Gasteiger partial charge in [0.1, 0.15) is 0 Å². The van der Waals surface area contributed by atoms with Crippen LogP contribution in [0.5, 0.6) is 0 Å². The number of nitrogens with one attached hydrogen (secondary N) is 1. The van der Waals surface area contributed by atoms with Crippen LogP contribution >= 0.6 is 0 Å². The van der Waals surface area contributed by atoms with Crippen molar-refractivity contribution in [1.29, 1.82) is 0 Å². The molecule has 0 aliphatic rings. The van der Waals surface area contributed by atoms with Crippen LogP contribution in [0.25, 0.3) is 11.1 Å². The Morgan fingerprint density at radius 3 is 2.26 bits per heavy atom. The van der Waals surface area contributed by atoms with Crippen molar-refractivity contribution in [1.82, 2.24) is 9.88 Å². The van der Waals surface area contributed by atoms with E-state index < -0.39 is 10.7 Å². The number of aromatic nitrogens is 1. The smallest absolute Gasteiger partial charge is 0.407 e. The monoisotopic (exact) mass is 459 g/mol. The summed E-state index contributed by atoms with van der Waals surface area (Å²) in [5.74, 6) is -0.497. The van der Waals surface area contributed by atoms with Gasteiger partial charge in [0.2, 0.25) is 5.91 Å². The fourth-order valence-electron chi connectivity index (χ4n) is 4.12. The molecule has 0 fully saturated rings. The molecule has 1 aromatic heterocycles. The molecule has 1 amide bonds. The first-order valence-electron chi connectivity index (χ1n) is 11.2. The molecule has 4 aromatic rings. The Morgan fingerprint density at radius 1 is 1.00 bits per heavy atom. The summed E-state index contributed by atoms with van der Waals surface area (Å²) in [4.78, 5) is 34.9. The van der Waals surface area contributed by atoms with Gasteiger partial charge in [-0.1, -0.05) is 60.7 Å². The van der Waals surface area contributed by atoms with E-state index in [-0.39, 0.29) is 36.1 Å². The van der Waals surface area contributed by atoms with Gasteiger partial charge in [-0.2, -0.15) is 0 Å². The molecule has 0 aliphatic heterocycles. The number of fused-ring (bicyclic) bond motifs is 1. The van der Waals surface area contributed by atoms with Crippen molar-refractivity contribution in [3.05, 3.63) is 111 Å². The van der Waals surface area contributed by atoms with E-state index in [0.717, 1.165) is 6.42 Å². The molecule has 0 saturated carbocycles. The number of nitro groups is 1. The van der Waals surface area contributed by atoms with Crippen LogP contribution < -0.4 is 11.1 Å². The molecule has 0 bridgehead atoms. The summed E-state index contributed by atoms with van der Waals surface area (Å²) in [5, 5.41) is 13.9. The van der Waals surface area contributed by atoms with E-state index in [9.17, 15) is 19.7 Å². The molecule has 0 spiro atoms. The average molecular weight is 460 g/mol. The maximum Gasteiger partial charge on any atom is 0.419 e. The van der Waals surface area contributed by atoms with Crippen LogP contribution in [-0.2, 0) is 11.3 Å². The lowest BCUT2D eigenvalue weighted by Gasteiger charge is -2.18. The zero-order valence-corrected chi connectivity index (χ0v) is 18.6. The maximum atomic E-state index is 12.4. The highest BCUT2D eigenvalue weighted by Gasteiger charge is 2.16. The Hall–Kier alpha value is -4.20. The number of non-ortho nitro benzene ring substituents is 1. The number of aryl methyl sites for hydroxylation is 1. The molecule has 8 heteroatoms. The van der Waals surface area contributed by atoms with E-state index in [0.29, 0.717) is 18.5 Å². The Bertz CT molecular complexity index is 1290. The summed E-state index contributed by atoms with van der Waals surface area (Å²) in [5.41, 5.74) is 2.90. The van der Waals surface area contributed by atoms with Gasteiger partial charge in [-0.05, 0) is 30.0 Å². The van der Waals surface area contributed by atoms with Crippen molar-refractivity contribution < 1.29 is 14.1 Å². The molecule has 8 nitrogen and oxygen atoms in total. The highest BCUT2D eigenvalue weighted by Crippen LogP contribution is 2.27. The quantitative estimate of drug-likeness (QED) is 0.275. The Balaban J connectivity index is 1.31. The van der Waals surface area contributed by atoms with E-state index in [2.05, 4.69) is 29.6 Å². The van der Waals surface area contributed by atoms with Crippen LogP contribution in [0.2, 0.25) is 0 Å². The Morgan fingerprint density at radius 2 is 1.65 bits per heavy atom. The minimum atomic E-state index is -0.593. The second kappa shape index (κ2) is 10.6. The zero-order chi connectivity index (χ0) is 23.9. The molecule has 4 rings (SSSR count). The number of nitrogens with zero attached hydrogens (tertiary/aromatic N) is 2. The molecule has 1 N–H and O–H groups in total. The van der Waals surface area contributed by atoms with Crippen molar-refractivity contribution in [3.8, 4) is 0 Å². The highest BCUT2D eigenvalue weighted by molar-refractivity contribution is 5.76. The third-order valence-corrected chi connectivity index (χ3v) is 5.81. The predicted molar refractivity (Wildman–Crippen MR) is 129 cm³/mol. The molecule has 0 aliphatic carbocycles. The lowest BCUT2D eigenvalue weighted by atomic mass is 9.88. The van der Waals surface area contributed by atoms with Crippen LogP contribution in [0.15, 0.2) is 88.1 Å². The minimum Gasteiger partial charge on any atom is -0.407 e. The molecular weight excluding hydrogens is 434 g/mol. The number of hydrogen-bond donors (Lipinski definition) is 1. The number of benzene rings is 3. The lowest BCUT2D eigenvalue weighted by Crippen LogP contribution is -2.26. The van der Waals surface area contributed by atoms with Crippen LogP contribution in [-0.4, -0.2) is 21.9 Å². The first-order valence-corrected chi connectivity index (χ1v) is 11.2. The summed E-state index contributed by atoms with van der Waals surface area (Å²) in [6.07, 6.45) is 1.47. The van der Waals surface area contributed by atoms with Gasteiger partial charge < -0.3 is 9.73 Å². The molecule has 3 aromatic carbocycles. The Labute approximate surface area is 196 Å². The third kappa shape index (κ3) is 5.40. The standard InChI is InChI=1S/C26H25N3O5/c30-25(12-7-17-28-23-14-13-21(29(32)33)18-24(23)34-26(28)31)27-16-15-22(19-8-3-1-4-9-19)20-10-5-2-6-11-20/h1-6,8-11,13-14,18,22H,7,12,15-17H2,(H,27,30). The van der Waals surface area contributed by atoms with E-state index in [1.165, 1.54) is 33.9 Å². The average Bonchev–Trinajstić information content (AvgIpc) is 3.17. The lowest BCUT2D eigenvalue weighted by molar-refractivity contribution is -0.384. The number of carbonyl (C=O) groups excluding carboxylic acids is 1. The van der Waals surface area contributed by atoms with E-state index in [1.54, 1.807) is 0 Å². The fourth-order valence-corrected chi connectivity index (χ4v) is 4.12.